The molecule has 0 bridgehead atoms. The van der Waals surface area contributed by atoms with Crippen molar-refractivity contribution < 1.29 is 9.53 Å². The largest absolute Gasteiger partial charge is 0.497 e. The van der Waals surface area contributed by atoms with Crippen LogP contribution < -0.4 is 15.4 Å². The van der Waals surface area contributed by atoms with Gasteiger partial charge < -0.3 is 15.4 Å². The van der Waals surface area contributed by atoms with E-state index >= 15 is 0 Å². The first-order valence-electron chi connectivity index (χ1n) is 7.81. The number of nitrogens with one attached hydrogen (secondary N) is 2. The highest BCUT2D eigenvalue weighted by Gasteiger charge is 2.21. The Morgan fingerprint density at radius 3 is 2.33 bits per heavy atom. The van der Waals surface area contributed by atoms with Crippen molar-refractivity contribution in [3.63, 3.8) is 0 Å². The summed E-state index contributed by atoms with van der Waals surface area (Å²) < 4.78 is 5.18. The summed E-state index contributed by atoms with van der Waals surface area (Å²) in [7, 11) is 1.65. The summed E-state index contributed by atoms with van der Waals surface area (Å²) in [6, 6.07) is 8.18. The number of hydrogen-bond acceptors (Lipinski definition) is 2. The molecule has 1 saturated carbocycles. The highest BCUT2D eigenvalue weighted by Crippen LogP contribution is 2.24. The van der Waals surface area contributed by atoms with Crippen LogP contribution in [0.15, 0.2) is 24.3 Å². The number of hydrogen-bond donors (Lipinski definition) is 2. The molecule has 1 aliphatic carbocycles. The number of rotatable bonds is 5. The second-order valence-corrected chi connectivity index (χ2v) is 6.09. The van der Waals surface area contributed by atoms with E-state index in [9.17, 15) is 4.79 Å². The van der Waals surface area contributed by atoms with Crippen molar-refractivity contribution >= 4 is 6.03 Å². The zero-order chi connectivity index (χ0) is 15.2. The molecule has 2 rings (SSSR count). The van der Waals surface area contributed by atoms with E-state index in [0.29, 0.717) is 12.0 Å². The Hall–Kier alpha value is -1.71. The van der Waals surface area contributed by atoms with Gasteiger partial charge >= 0.3 is 6.03 Å². The Morgan fingerprint density at radius 2 is 1.81 bits per heavy atom. The molecule has 1 atom stereocenters. The van der Waals surface area contributed by atoms with Crippen LogP contribution >= 0.6 is 0 Å². The van der Waals surface area contributed by atoms with E-state index in [-0.39, 0.29) is 12.1 Å². The van der Waals surface area contributed by atoms with Crippen molar-refractivity contribution in [3.8, 4) is 5.75 Å². The lowest BCUT2D eigenvalue weighted by Crippen LogP contribution is -2.43. The summed E-state index contributed by atoms with van der Waals surface area (Å²) in [5, 5.41) is 6.19. The molecule has 2 N–H and O–H groups in total. The van der Waals surface area contributed by atoms with Gasteiger partial charge in [-0.1, -0.05) is 38.8 Å². The topological polar surface area (TPSA) is 50.4 Å². The minimum Gasteiger partial charge on any atom is -0.497 e. The van der Waals surface area contributed by atoms with E-state index in [1.807, 2.05) is 24.3 Å². The van der Waals surface area contributed by atoms with Gasteiger partial charge in [-0.25, -0.2) is 4.79 Å². The minimum atomic E-state index is -0.0589. The van der Waals surface area contributed by atoms with Crippen LogP contribution in [0.5, 0.6) is 5.75 Å². The van der Waals surface area contributed by atoms with Crippen LogP contribution in [0, 0.1) is 5.92 Å². The first-order valence-corrected chi connectivity index (χ1v) is 7.81. The lowest BCUT2D eigenvalue weighted by Gasteiger charge is -2.24. The van der Waals surface area contributed by atoms with Crippen molar-refractivity contribution in [1.82, 2.24) is 10.6 Å². The number of ether oxygens (including phenoxy) is 1. The molecule has 2 amide bonds. The van der Waals surface area contributed by atoms with Gasteiger partial charge in [0.1, 0.15) is 5.75 Å². The Bertz CT molecular complexity index is 450. The van der Waals surface area contributed by atoms with Crippen molar-refractivity contribution in [1.29, 1.82) is 0 Å². The molecular weight excluding hydrogens is 264 g/mol. The molecule has 0 aliphatic heterocycles. The standard InChI is InChI=1S/C17H26N2O2/c1-12(2)16(13-8-10-15(21-3)11-9-13)19-17(20)18-14-6-4-5-7-14/h8-12,14,16H,4-7H2,1-3H3,(H2,18,19,20). The predicted octanol–water partition coefficient (Wildman–Crippen LogP) is 3.63. The molecule has 0 spiro atoms. The second-order valence-electron chi connectivity index (χ2n) is 6.09. The van der Waals surface area contributed by atoms with Crippen LogP contribution in [0.3, 0.4) is 0 Å². The van der Waals surface area contributed by atoms with Crippen LogP contribution in [-0.2, 0) is 0 Å². The molecule has 1 aromatic rings. The molecule has 1 unspecified atom stereocenters. The Labute approximate surface area is 127 Å². The molecule has 0 aromatic heterocycles. The molecule has 21 heavy (non-hydrogen) atoms. The predicted molar refractivity (Wildman–Crippen MR) is 84.5 cm³/mol. The number of carbonyl (C=O) groups is 1. The molecule has 0 saturated heterocycles. The van der Waals surface area contributed by atoms with Crippen LogP contribution in [0.25, 0.3) is 0 Å². The molecule has 1 aromatic carbocycles. The summed E-state index contributed by atoms with van der Waals surface area (Å²) >= 11 is 0. The summed E-state index contributed by atoms with van der Waals surface area (Å²) in [6.07, 6.45) is 4.64. The van der Waals surface area contributed by atoms with Gasteiger partial charge in [-0.05, 0) is 36.5 Å². The Balaban J connectivity index is 1.98. The van der Waals surface area contributed by atoms with E-state index in [1.165, 1.54) is 12.8 Å². The smallest absolute Gasteiger partial charge is 0.315 e. The average molecular weight is 290 g/mol. The minimum absolute atomic E-state index is 0.0114. The summed E-state index contributed by atoms with van der Waals surface area (Å²) in [6.45, 7) is 4.23. The summed E-state index contributed by atoms with van der Waals surface area (Å²) in [5.74, 6) is 1.16. The monoisotopic (exact) mass is 290 g/mol. The van der Waals surface area contributed by atoms with E-state index in [0.717, 1.165) is 24.2 Å². The third-order valence-corrected chi connectivity index (χ3v) is 4.12. The first-order chi connectivity index (χ1) is 10.1. The summed E-state index contributed by atoms with van der Waals surface area (Å²) in [5.41, 5.74) is 1.10. The molecule has 0 heterocycles. The van der Waals surface area contributed by atoms with Crippen molar-refractivity contribution in [3.05, 3.63) is 29.8 Å². The van der Waals surface area contributed by atoms with Crippen LogP contribution in [0.1, 0.15) is 51.1 Å². The van der Waals surface area contributed by atoms with Crippen LogP contribution in [-0.4, -0.2) is 19.2 Å². The van der Waals surface area contributed by atoms with Crippen LogP contribution in [0.4, 0.5) is 4.79 Å². The molecule has 116 valence electrons. The summed E-state index contributed by atoms with van der Waals surface area (Å²) in [4.78, 5) is 12.2. The molecule has 4 heteroatoms. The third-order valence-electron chi connectivity index (χ3n) is 4.12. The van der Waals surface area contributed by atoms with E-state index in [4.69, 9.17) is 4.74 Å². The van der Waals surface area contributed by atoms with Gasteiger partial charge in [0.15, 0.2) is 0 Å². The highest BCUT2D eigenvalue weighted by atomic mass is 16.5. The SMILES string of the molecule is COc1ccc(C(NC(=O)NC2CCCC2)C(C)C)cc1. The van der Waals surface area contributed by atoms with Crippen LogP contribution in [0.2, 0.25) is 0 Å². The van der Waals surface area contributed by atoms with E-state index in [1.54, 1.807) is 7.11 Å². The van der Waals surface area contributed by atoms with Gasteiger partial charge in [0, 0.05) is 6.04 Å². The maximum atomic E-state index is 12.2. The molecule has 1 fully saturated rings. The number of benzene rings is 1. The zero-order valence-corrected chi connectivity index (χ0v) is 13.2. The maximum absolute atomic E-state index is 12.2. The van der Waals surface area contributed by atoms with Gasteiger partial charge in [0.25, 0.3) is 0 Å². The quantitative estimate of drug-likeness (QED) is 0.870. The van der Waals surface area contributed by atoms with Crippen molar-refractivity contribution in [2.45, 2.75) is 51.6 Å². The van der Waals surface area contributed by atoms with Crippen molar-refractivity contribution in [2.75, 3.05) is 7.11 Å². The lowest BCUT2D eigenvalue weighted by molar-refractivity contribution is 0.229. The first kappa shape index (κ1) is 15.7. The van der Waals surface area contributed by atoms with E-state index in [2.05, 4.69) is 24.5 Å². The fraction of sp³-hybridized carbons (Fsp3) is 0.588. The van der Waals surface area contributed by atoms with Gasteiger partial charge in [0.2, 0.25) is 0 Å². The number of urea groups is 1. The zero-order valence-electron chi connectivity index (χ0n) is 13.2. The fourth-order valence-corrected chi connectivity index (χ4v) is 2.88. The Kier molecular flexibility index (Phi) is 5.48. The fourth-order valence-electron chi connectivity index (χ4n) is 2.88. The van der Waals surface area contributed by atoms with Gasteiger partial charge in [-0.2, -0.15) is 0 Å². The number of methoxy groups -OCH3 is 1. The number of amides is 2. The third kappa shape index (κ3) is 4.38. The van der Waals surface area contributed by atoms with Gasteiger partial charge in [-0.15, -0.1) is 0 Å². The van der Waals surface area contributed by atoms with Crippen molar-refractivity contribution in [2.24, 2.45) is 5.92 Å². The van der Waals surface area contributed by atoms with Gasteiger partial charge in [0.05, 0.1) is 13.2 Å². The molecule has 1 aliphatic rings. The molecule has 4 nitrogen and oxygen atoms in total. The number of carbonyl (C=O) groups excluding carboxylic acids is 1. The maximum Gasteiger partial charge on any atom is 0.315 e. The molecule has 0 radical (unpaired) electrons. The van der Waals surface area contributed by atoms with E-state index < -0.39 is 0 Å². The lowest BCUT2D eigenvalue weighted by atomic mass is 9.96. The highest BCUT2D eigenvalue weighted by molar-refractivity contribution is 5.74. The second kappa shape index (κ2) is 7.34. The molecular formula is C17H26N2O2. The average Bonchev–Trinajstić information content (AvgIpc) is 2.97. The normalized spacial score (nSPS) is 16.8. The Morgan fingerprint density at radius 1 is 1.19 bits per heavy atom. The van der Waals surface area contributed by atoms with Gasteiger partial charge in [-0.3, -0.25) is 0 Å².